The van der Waals surface area contributed by atoms with E-state index in [9.17, 15) is 9.59 Å². The SMILES string of the molecule is CC1(C)OC(=O)C(=Cc2ccccc2OCc2cccc(Cl)c2)C(=O)O1. The number of esters is 2. The highest BCUT2D eigenvalue weighted by atomic mass is 35.5. The van der Waals surface area contributed by atoms with Crippen LogP contribution in [0.2, 0.25) is 5.02 Å². The van der Waals surface area contributed by atoms with Gasteiger partial charge in [0.05, 0.1) is 0 Å². The maximum Gasteiger partial charge on any atom is 0.348 e. The fourth-order valence-electron chi connectivity index (χ4n) is 2.45. The van der Waals surface area contributed by atoms with Gasteiger partial charge in [-0.05, 0) is 29.8 Å². The summed E-state index contributed by atoms with van der Waals surface area (Å²) in [5.74, 6) is -2.20. The number of rotatable bonds is 4. The molecule has 0 saturated carbocycles. The summed E-state index contributed by atoms with van der Waals surface area (Å²) in [6.07, 6.45) is 1.41. The lowest BCUT2D eigenvalue weighted by molar-refractivity contribution is -0.222. The lowest BCUT2D eigenvalue weighted by Crippen LogP contribution is -2.41. The van der Waals surface area contributed by atoms with Crippen molar-refractivity contribution < 1.29 is 23.8 Å². The number of cyclic esters (lactones) is 2. The molecule has 1 aliphatic heterocycles. The number of hydrogen-bond acceptors (Lipinski definition) is 5. The molecular weight excluding hydrogens is 356 g/mol. The van der Waals surface area contributed by atoms with E-state index < -0.39 is 17.7 Å². The Bertz CT molecular complexity index is 863. The summed E-state index contributed by atoms with van der Waals surface area (Å²) in [5, 5.41) is 0.622. The minimum atomic E-state index is -1.27. The van der Waals surface area contributed by atoms with Gasteiger partial charge in [-0.25, -0.2) is 9.59 Å². The third kappa shape index (κ3) is 4.24. The highest BCUT2D eigenvalue weighted by Crippen LogP contribution is 2.27. The Morgan fingerprint density at radius 2 is 1.73 bits per heavy atom. The van der Waals surface area contributed by atoms with Gasteiger partial charge >= 0.3 is 11.9 Å². The van der Waals surface area contributed by atoms with E-state index in [2.05, 4.69) is 0 Å². The van der Waals surface area contributed by atoms with Gasteiger partial charge in [0.25, 0.3) is 5.79 Å². The third-order valence-electron chi connectivity index (χ3n) is 3.62. The average molecular weight is 373 g/mol. The second-order valence-corrected chi connectivity index (χ2v) is 6.63. The molecule has 1 heterocycles. The molecule has 134 valence electrons. The number of ether oxygens (including phenoxy) is 3. The molecule has 0 N–H and O–H groups in total. The van der Waals surface area contributed by atoms with Gasteiger partial charge in [0.2, 0.25) is 0 Å². The number of halogens is 1. The van der Waals surface area contributed by atoms with Crippen molar-refractivity contribution in [1.29, 1.82) is 0 Å². The van der Waals surface area contributed by atoms with E-state index in [4.69, 9.17) is 25.8 Å². The Hall–Kier alpha value is -2.79. The minimum Gasteiger partial charge on any atom is -0.488 e. The standard InChI is InChI=1S/C20H17ClO5/c1-20(2)25-18(22)16(19(23)26-20)11-14-7-3-4-9-17(14)24-12-13-6-5-8-15(21)10-13/h3-11H,12H2,1-2H3. The topological polar surface area (TPSA) is 61.8 Å². The number of benzene rings is 2. The number of carbonyl (C=O) groups is 2. The largest absolute Gasteiger partial charge is 0.488 e. The molecule has 5 nitrogen and oxygen atoms in total. The molecule has 2 aromatic carbocycles. The number of hydrogen-bond donors (Lipinski definition) is 0. The van der Waals surface area contributed by atoms with Crippen LogP contribution in [0.4, 0.5) is 0 Å². The molecule has 0 spiro atoms. The number of para-hydroxylation sites is 1. The van der Waals surface area contributed by atoms with Crippen LogP contribution >= 0.6 is 11.6 Å². The lowest BCUT2D eigenvalue weighted by atomic mass is 10.1. The van der Waals surface area contributed by atoms with E-state index in [1.807, 2.05) is 12.1 Å². The van der Waals surface area contributed by atoms with E-state index in [0.29, 0.717) is 22.9 Å². The Balaban J connectivity index is 1.83. The van der Waals surface area contributed by atoms with E-state index >= 15 is 0 Å². The number of carbonyl (C=O) groups excluding carboxylic acids is 2. The van der Waals surface area contributed by atoms with Crippen molar-refractivity contribution >= 4 is 29.6 Å². The van der Waals surface area contributed by atoms with Crippen LogP contribution in [0.3, 0.4) is 0 Å². The molecule has 2 aromatic rings. The highest BCUT2D eigenvalue weighted by molar-refractivity contribution is 6.30. The molecule has 0 unspecified atom stereocenters. The van der Waals surface area contributed by atoms with E-state index in [-0.39, 0.29) is 5.57 Å². The Morgan fingerprint density at radius 3 is 2.42 bits per heavy atom. The van der Waals surface area contributed by atoms with Crippen molar-refractivity contribution in [3.63, 3.8) is 0 Å². The second-order valence-electron chi connectivity index (χ2n) is 6.19. The average Bonchev–Trinajstić information content (AvgIpc) is 2.56. The van der Waals surface area contributed by atoms with Crippen LogP contribution in [0.15, 0.2) is 54.1 Å². The molecule has 0 atom stereocenters. The van der Waals surface area contributed by atoms with Gasteiger partial charge in [-0.3, -0.25) is 0 Å². The molecule has 1 aliphatic rings. The summed E-state index contributed by atoms with van der Waals surface area (Å²) in [6.45, 7) is 3.30. The molecular formula is C20H17ClO5. The Labute approximate surface area is 156 Å². The van der Waals surface area contributed by atoms with Gasteiger partial charge < -0.3 is 14.2 Å². The fraction of sp³-hybridized carbons (Fsp3) is 0.200. The van der Waals surface area contributed by atoms with Gasteiger partial charge in [-0.2, -0.15) is 0 Å². The summed E-state index contributed by atoms with van der Waals surface area (Å²) < 4.78 is 16.0. The molecule has 3 rings (SSSR count). The Kier molecular flexibility index (Phi) is 5.00. The maximum atomic E-state index is 12.1. The molecule has 0 amide bonds. The molecule has 0 aromatic heterocycles. The molecule has 0 radical (unpaired) electrons. The van der Waals surface area contributed by atoms with Crippen LogP contribution in [0.25, 0.3) is 6.08 Å². The van der Waals surface area contributed by atoms with Crippen LogP contribution in [0, 0.1) is 0 Å². The fourth-order valence-corrected chi connectivity index (χ4v) is 2.67. The van der Waals surface area contributed by atoms with Gasteiger partial charge in [0.15, 0.2) is 0 Å². The van der Waals surface area contributed by atoms with Crippen LogP contribution in [0.1, 0.15) is 25.0 Å². The van der Waals surface area contributed by atoms with Crippen LogP contribution in [-0.2, 0) is 25.7 Å². The zero-order chi connectivity index (χ0) is 18.7. The van der Waals surface area contributed by atoms with Crippen LogP contribution in [-0.4, -0.2) is 17.7 Å². The molecule has 1 fully saturated rings. The van der Waals surface area contributed by atoms with Crippen molar-refractivity contribution in [2.24, 2.45) is 0 Å². The van der Waals surface area contributed by atoms with Crippen molar-refractivity contribution in [1.82, 2.24) is 0 Å². The monoisotopic (exact) mass is 372 g/mol. The summed E-state index contributed by atoms with van der Waals surface area (Å²) in [5.41, 5.74) is 1.29. The first-order valence-electron chi connectivity index (χ1n) is 7.99. The van der Waals surface area contributed by atoms with Crippen molar-refractivity contribution in [3.05, 3.63) is 70.3 Å². The molecule has 26 heavy (non-hydrogen) atoms. The van der Waals surface area contributed by atoms with Gasteiger partial charge in [-0.15, -0.1) is 0 Å². The van der Waals surface area contributed by atoms with Crippen molar-refractivity contribution in [2.75, 3.05) is 0 Å². The zero-order valence-corrected chi connectivity index (χ0v) is 15.1. The summed E-state index contributed by atoms with van der Waals surface area (Å²) in [4.78, 5) is 24.2. The van der Waals surface area contributed by atoms with E-state index in [1.165, 1.54) is 19.9 Å². The smallest absolute Gasteiger partial charge is 0.348 e. The molecule has 1 saturated heterocycles. The predicted octanol–water partition coefficient (Wildman–Crippen LogP) is 4.14. The van der Waals surface area contributed by atoms with E-state index in [0.717, 1.165) is 5.56 Å². The van der Waals surface area contributed by atoms with Gasteiger partial charge in [0, 0.05) is 24.4 Å². The van der Waals surface area contributed by atoms with Crippen LogP contribution in [0.5, 0.6) is 5.75 Å². The molecule has 0 bridgehead atoms. The lowest BCUT2D eigenvalue weighted by Gasteiger charge is -2.29. The zero-order valence-electron chi connectivity index (χ0n) is 14.3. The van der Waals surface area contributed by atoms with Gasteiger partial charge in [-0.1, -0.05) is 41.9 Å². The first-order chi connectivity index (χ1) is 12.3. The summed E-state index contributed by atoms with van der Waals surface area (Å²) in [6, 6.07) is 14.4. The minimum absolute atomic E-state index is 0.178. The first kappa shape index (κ1) is 18.0. The molecule has 6 heteroatoms. The second kappa shape index (κ2) is 7.22. The molecule has 0 aliphatic carbocycles. The predicted molar refractivity (Wildman–Crippen MR) is 96.5 cm³/mol. The quantitative estimate of drug-likeness (QED) is 0.458. The van der Waals surface area contributed by atoms with Crippen molar-refractivity contribution in [3.8, 4) is 5.75 Å². The summed E-state index contributed by atoms with van der Waals surface area (Å²) in [7, 11) is 0. The van der Waals surface area contributed by atoms with Crippen molar-refractivity contribution in [2.45, 2.75) is 26.2 Å². The maximum absolute atomic E-state index is 12.1. The van der Waals surface area contributed by atoms with Gasteiger partial charge in [0.1, 0.15) is 17.9 Å². The summed E-state index contributed by atoms with van der Waals surface area (Å²) >= 11 is 5.97. The normalized spacial score (nSPS) is 15.9. The Morgan fingerprint density at radius 1 is 1.04 bits per heavy atom. The third-order valence-corrected chi connectivity index (χ3v) is 3.85. The highest BCUT2D eigenvalue weighted by Gasteiger charge is 2.38. The first-order valence-corrected chi connectivity index (χ1v) is 8.36. The van der Waals surface area contributed by atoms with Crippen LogP contribution < -0.4 is 4.74 Å². The van der Waals surface area contributed by atoms with E-state index in [1.54, 1.807) is 36.4 Å².